The molecule has 2 rings (SSSR count). The van der Waals surface area contributed by atoms with Crippen LogP contribution < -0.4 is 0 Å². The van der Waals surface area contributed by atoms with Gasteiger partial charge in [-0.1, -0.05) is 6.92 Å². The topological polar surface area (TPSA) is 19.4 Å². The van der Waals surface area contributed by atoms with Crippen molar-refractivity contribution in [2.24, 2.45) is 0 Å². The Kier molecular flexibility index (Phi) is 5.82. The fourth-order valence-electron chi connectivity index (χ4n) is 5.26. The van der Waals surface area contributed by atoms with Crippen molar-refractivity contribution in [3.8, 4) is 0 Å². The molecule has 0 amide bonds. The van der Waals surface area contributed by atoms with E-state index in [4.69, 9.17) is 0 Å². The summed E-state index contributed by atoms with van der Waals surface area (Å²) < 4.78 is 11.3. The molecule has 0 bridgehead atoms. The van der Waals surface area contributed by atoms with Gasteiger partial charge in [-0.3, -0.25) is 28.1 Å². The van der Waals surface area contributed by atoms with Crippen LogP contribution in [0.5, 0.6) is 0 Å². The second-order valence-corrected chi connectivity index (χ2v) is 14.8. The third kappa shape index (κ3) is 3.23. The summed E-state index contributed by atoms with van der Waals surface area (Å²) in [6.45, 7) is 24.9. The summed E-state index contributed by atoms with van der Waals surface area (Å²) in [4.78, 5) is 4.78. The molecule has 6 nitrogen and oxygen atoms in total. The van der Waals surface area contributed by atoms with Crippen LogP contribution in [0.3, 0.4) is 0 Å². The summed E-state index contributed by atoms with van der Waals surface area (Å²) in [5.74, 6) is 0. The highest BCUT2D eigenvalue weighted by molar-refractivity contribution is 6.74. The zero-order chi connectivity index (χ0) is 21.3. The van der Waals surface area contributed by atoms with Crippen LogP contribution >= 0.6 is 0 Å². The van der Waals surface area contributed by atoms with Crippen molar-refractivity contribution in [3.63, 3.8) is 0 Å². The van der Waals surface area contributed by atoms with Gasteiger partial charge in [0.25, 0.3) is 0 Å². The summed E-state index contributed by atoms with van der Waals surface area (Å²) in [6, 6.07) is 0. The molecule has 2 aliphatic rings. The minimum absolute atomic E-state index is 0.0944. The van der Waals surface area contributed by atoms with E-state index in [1.54, 1.807) is 0 Å². The predicted octanol–water partition coefficient (Wildman–Crippen LogP) is 2.76. The van der Waals surface area contributed by atoms with Crippen LogP contribution in [0.1, 0.15) is 69.2 Å². The Labute approximate surface area is 170 Å². The SMILES string of the molecule is CCN1C(N(C)C)N(C(C)(C)C)[Si]12N(C(C)(C)C)C(N(C)C)N2C(C)(C)C. The lowest BCUT2D eigenvalue weighted by molar-refractivity contribution is -0.224. The maximum atomic E-state index is 2.85. The molecule has 0 aromatic carbocycles. The molecule has 1 atom stereocenters. The molecule has 7 heteroatoms. The number of nitrogens with zero attached hydrogens (tertiary/aromatic N) is 6. The second-order valence-electron chi connectivity index (χ2n) is 11.6. The Bertz CT molecular complexity index is 495. The molecule has 2 aliphatic heterocycles. The Balaban J connectivity index is 2.75. The van der Waals surface area contributed by atoms with Crippen molar-refractivity contribution < 1.29 is 0 Å². The summed E-state index contributed by atoms with van der Waals surface area (Å²) in [5, 5.41) is 0. The van der Waals surface area contributed by atoms with Crippen molar-refractivity contribution in [2.45, 2.75) is 98.4 Å². The standard InChI is InChI=1S/C20H46N6Si/c1-15-23-16(21(11)12)24(18(2,3)4)27(23)25(19(5,6)7)17(22(13)14)26(27)20(8,9)10/h16-17H,15H2,1-14H3. The van der Waals surface area contributed by atoms with Gasteiger partial charge in [0.1, 0.15) is 12.6 Å². The normalized spacial score (nSPS) is 32.4. The Morgan fingerprint density at radius 2 is 0.926 bits per heavy atom. The molecule has 0 aromatic rings. The molecule has 160 valence electrons. The molecule has 0 radical (unpaired) electrons. The summed E-state index contributed by atoms with van der Waals surface area (Å²) in [6.07, 6.45) is 0.665. The highest BCUT2D eigenvalue weighted by Gasteiger charge is 2.82. The zero-order valence-corrected chi connectivity index (χ0v) is 21.5. The van der Waals surface area contributed by atoms with Crippen molar-refractivity contribution >= 4 is 8.72 Å². The lowest BCUT2D eigenvalue weighted by Crippen LogP contribution is -3.10. The van der Waals surface area contributed by atoms with Crippen LogP contribution in [0.25, 0.3) is 0 Å². The van der Waals surface area contributed by atoms with Crippen LogP contribution in [0.2, 0.25) is 0 Å². The van der Waals surface area contributed by atoms with Crippen LogP contribution in [-0.4, -0.2) is 101 Å². The molecular weight excluding hydrogens is 352 g/mol. The summed E-state index contributed by atoms with van der Waals surface area (Å²) in [7, 11) is 6.68. The highest BCUT2D eigenvalue weighted by atomic mass is 28.4. The van der Waals surface area contributed by atoms with E-state index in [0.29, 0.717) is 12.6 Å². The lowest BCUT2D eigenvalue weighted by atomic mass is 10.1. The molecule has 0 N–H and O–H groups in total. The van der Waals surface area contributed by atoms with Crippen LogP contribution in [0, 0.1) is 0 Å². The Hall–Kier alpha value is -0.0231. The Morgan fingerprint density at radius 1 is 0.630 bits per heavy atom. The minimum Gasteiger partial charge on any atom is -0.282 e. The number of rotatable bonds is 3. The maximum absolute atomic E-state index is 2.85. The van der Waals surface area contributed by atoms with Gasteiger partial charge in [0.05, 0.1) is 0 Å². The van der Waals surface area contributed by atoms with Crippen LogP contribution in [-0.2, 0) is 0 Å². The first-order valence-electron chi connectivity index (χ1n) is 10.4. The van der Waals surface area contributed by atoms with E-state index in [0.717, 1.165) is 6.54 Å². The van der Waals surface area contributed by atoms with Gasteiger partial charge in [0.2, 0.25) is 0 Å². The van der Waals surface area contributed by atoms with Gasteiger partial charge in [0, 0.05) is 16.6 Å². The molecular formula is C20H46N6Si. The largest absolute Gasteiger partial charge is 0.387 e. The van der Waals surface area contributed by atoms with Gasteiger partial charge < -0.3 is 0 Å². The first-order valence-corrected chi connectivity index (χ1v) is 12.2. The van der Waals surface area contributed by atoms with E-state index in [9.17, 15) is 0 Å². The molecule has 0 aromatic heterocycles. The fraction of sp³-hybridized carbons (Fsp3) is 1.00. The van der Waals surface area contributed by atoms with Crippen molar-refractivity contribution in [1.82, 2.24) is 28.1 Å². The lowest BCUT2D eigenvalue weighted by Gasteiger charge is -2.84. The third-order valence-electron chi connectivity index (χ3n) is 5.76. The Morgan fingerprint density at radius 3 is 1.15 bits per heavy atom. The number of hydrogen-bond acceptors (Lipinski definition) is 6. The van der Waals surface area contributed by atoms with Gasteiger partial charge in [-0.25, -0.2) is 0 Å². The van der Waals surface area contributed by atoms with E-state index in [1.165, 1.54) is 0 Å². The minimum atomic E-state index is -2.22. The quantitative estimate of drug-likeness (QED) is 0.676. The average molecular weight is 399 g/mol. The zero-order valence-electron chi connectivity index (χ0n) is 20.5. The fourth-order valence-corrected chi connectivity index (χ4v) is 12.2. The monoisotopic (exact) mass is 398 g/mol. The van der Waals surface area contributed by atoms with Crippen LogP contribution in [0.15, 0.2) is 0 Å². The second kappa shape index (κ2) is 6.76. The van der Waals surface area contributed by atoms with Gasteiger partial charge >= 0.3 is 8.72 Å². The predicted molar refractivity (Wildman–Crippen MR) is 118 cm³/mol. The van der Waals surface area contributed by atoms with Crippen molar-refractivity contribution in [3.05, 3.63) is 0 Å². The molecule has 2 heterocycles. The van der Waals surface area contributed by atoms with Crippen molar-refractivity contribution in [1.29, 1.82) is 0 Å². The smallest absolute Gasteiger partial charge is 0.282 e. The van der Waals surface area contributed by atoms with Crippen LogP contribution in [0.4, 0.5) is 0 Å². The molecule has 2 fully saturated rings. The molecule has 0 saturated carbocycles. The first-order chi connectivity index (χ1) is 11.9. The van der Waals surface area contributed by atoms with Gasteiger partial charge in [-0.2, -0.15) is 0 Å². The molecule has 0 aliphatic carbocycles. The van der Waals surface area contributed by atoms with Crippen molar-refractivity contribution in [2.75, 3.05) is 34.7 Å². The third-order valence-corrected chi connectivity index (χ3v) is 11.7. The van der Waals surface area contributed by atoms with Gasteiger partial charge in [-0.05, 0) is 97.0 Å². The molecule has 27 heavy (non-hydrogen) atoms. The van der Waals surface area contributed by atoms with Gasteiger partial charge in [0.15, 0.2) is 0 Å². The molecule has 1 spiro atoms. The molecule has 1 unspecified atom stereocenters. The van der Waals surface area contributed by atoms with E-state index in [2.05, 4.69) is 125 Å². The summed E-state index contributed by atoms with van der Waals surface area (Å²) >= 11 is 0. The van der Waals surface area contributed by atoms with E-state index in [1.807, 2.05) is 0 Å². The first kappa shape index (κ1) is 23.3. The average Bonchev–Trinajstić information content (AvgIpc) is 2.29. The van der Waals surface area contributed by atoms with E-state index >= 15 is 0 Å². The summed E-state index contributed by atoms with van der Waals surface area (Å²) in [5.41, 5.74) is 0.283. The van der Waals surface area contributed by atoms with E-state index in [-0.39, 0.29) is 16.6 Å². The van der Waals surface area contributed by atoms with E-state index < -0.39 is 8.72 Å². The molecule has 2 saturated heterocycles. The number of hydrogen-bond donors (Lipinski definition) is 0. The highest BCUT2D eigenvalue weighted by Crippen LogP contribution is 2.56. The maximum Gasteiger partial charge on any atom is 0.387 e. The van der Waals surface area contributed by atoms with Gasteiger partial charge in [-0.15, -0.1) is 0 Å².